The molecule has 1 atom stereocenters. The van der Waals surface area contributed by atoms with E-state index in [2.05, 4.69) is 10.3 Å². The molecular formula is C20H19N3O3S. The minimum atomic E-state index is -0.734. The molecule has 0 saturated heterocycles. The Kier molecular flexibility index (Phi) is 4.77. The van der Waals surface area contributed by atoms with Crippen molar-refractivity contribution in [1.29, 1.82) is 0 Å². The van der Waals surface area contributed by atoms with Crippen molar-refractivity contribution in [1.82, 2.24) is 10.3 Å². The Hall–Kier alpha value is -2.93. The van der Waals surface area contributed by atoms with E-state index in [1.54, 1.807) is 22.5 Å². The number of hydrogen-bond donors (Lipinski definition) is 1. The first kappa shape index (κ1) is 17.5. The van der Waals surface area contributed by atoms with E-state index >= 15 is 0 Å². The molecule has 2 amide bonds. The molecule has 2 aromatic carbocycles. The highest BCUT2D eigenvalue weighted by molar-refractivity contribution is 7.16. The van der Waals surface area contributed by atoms with E-state index in [0.717, 1.165) is 16.6 Å². The number of anilines is 1. The number of ether oxygens (including phenoxy) is 1. The van der Waals surface area contributed by atoms with Crippen LogP contribution in [0.15, 0.2) is 48.0 Å². The first-order valence-corrected chi connectivity index (χ1v) is 9.74. The summed E-state index contributed by atoms with van der Waals surface area (Å²) in [6, 6.07) is 12.8. The van der Waals surface area contributed by atoms with E-state index in [1.807, 2.05) is 37.3 Å². The Morgan fingerprint density at radius 2 is 2.15 bits per heavy atom. The lowest BCUT2D eigenvalue weighted by Gasteiger charge is -2.34. The number of carbonyl (C=O) groups excluding carboxylic acids is 2. The molecule has 0 fully saturated rings. The van der Waals surface area contributed by atoms with Crippen LogP contribution >= 0.6 is 11.3 Å². The van der Waals surface area contributed by atoms with Crippen molar-refractivity contribution in [2.75, 3.05) is 18.0 Å². The molecule has 4 rings (SSSR count). The average Bonchev–Trinajstić information content (AvgIpc) is 3.18. The van der Waals surface area contributed by atoms with E-state index in [9.17, 15) is 9.59 Å². The zero-order valence-electron chi connectivity index (χ0n) is 14.8. The molecule has 0 saturated carbocycles. The molecule has 1 aliphatic heterocycles. The number of hydrogen-bond acceptors (Lipinski definition) is 5. The minimum Gasteiger partial charge on any atom is -0.477 e. The highest BCUT2D eigenvalue weighted by atomic mass is 32.1. The highest BCUT2D eigenvalue weighted by Crippen LogP contribution is 2.34. The molecule has 3 aromatic rings. The Morgan fingerprint density at radius 3 is 3.00 bits per heavy atom. The van der Waals surface area contributed by atoms with Crippen molar-refractivity contribution < 1.29 is 14.3 Å². The van der Waals surface area contributed by atoms with Gasteiger partial charge in [0.2, 0.25) is 0 Å². The van der Waals surface area contributed by atoms with Gasteiger partial charge >= 0.3 is 0 Å². The lowest BCUT2D eigenvalue weighted by molar-refractivity contribution is -0.127. The molecule has 0 aliphatic carbocycles. The van der Waals surface area contributed by atoms with Gasteiger partial charge in [-0.1, -0.05) is 19.1 Å². The molecule has 1 N–H and O–H groups in total. The molecule has 0 spiro atoms. The lowest BCUT2D eigenvalue weighted by atomic mass is 10.1. The van der Waals surface area contributed by atoms with Crippen LogP contribution in [0.25, 0.3) is 10.2 Å². The Bertz CT molecular complexity index is 1000. The number of rotatable bonds is 4. The van der Waals surface area contributed by atoms with Crippen LogP contribution in [0.1, 0.15) is 23.7 Å². The number of nitrogens with zero attached hydrogens (tertiary/aromatic N) is 2. The minimum absolute atomic E-state index is 0.158. The van der Waals surface area contributed by atoms with Crippen molar-refractivity contribution >= 4 is 39.1 Å². The smallest absolute Gasteiger partial charge is 0.262 e. The number of para-hydroxylation sites is 2. The third-order valence-corrected chi connectivity index (χ3v) is 5.23. The molecule has 0 bridgehead atoms. The summed E-state index contributed by atoms with van der Waals surface area (Å²) >= 11 is 1.50. The Labute approximate surface area is 160 Å². The molecule has 1 aliphatic rings. The van der Waals surface area contributed by atoms with Crippen LogP contribution in [0, 0.1) is 0 Å². The van der Waals surface area contributed by atoms with E-state index in [4.69, 9.17) is 4.74 Å². The number of carbonyl (C=O) groups is 2. The van der Waals surface area contributed by atoms with Crippen molar-refractivity contribution in [3.8, 4) is 5.75 Å². The van der Waals surface area contributed by atoms with E-state index in [0.29, 0.717) is 23.5 Å². The first-order chi connectivity index (χ1) is 13.2. The second-order valence-corrected chi connectivity index (χ2v) is 7.20. The normalized spacial score (nSPS) is 15.9. The fourth-order valence-electron chi connectivity index (χ4n) is 3.07. The number of aromatic nitrogens is 1. The van der Waals surface area contributed by atoms with Gasteiger partial charge in [-0.05, 0) is 36.8 Å². The number of fused-ring (bicyclic) bond motifs is 2. The van der Waals surface area contributed by atoms with E-state index in [1.165, 1.54) is 11.3 Å². The summed E-state index contributed by atoms with van der Waals surface area (Å²) in [5.74, 6) is 0.170. The van der Waals surface area contributed by atoms with Crippen LogP contribution in [0.3, 0.4) is 0 Å². The maximum Gasteiger partial charge on any atom is 0.262 e. The summed E-state index contributed by atoms with van der Waals surface area (Å²) < 4.78 is 6.81. The molecule has 1 aromatic heterocycles. The fraction of sp³-hybridized carbons (Fsp3) is 0.250. The predicted octanol–water partition coefficient (Wildman–Crippen LogP) is 3.23. The third-order valence-electron chi connectivity index (χ3n) is 4.44. The summed E-state index contributed by atoms with van der Waals surface area (Å²) in [4.78, 5) is 31.5. The van der Waals surface area contributed by atoms with Crippen molar-refractivity contribution in [2.45, 2.75) is 19.4 Å². The Balaban J connectivity index is 1.66. The summed E-state index contributed by atoms with van der Waals surface area (Å²) in [7, 11) is 0. The van der Waals surface area contributed by atoms with E-state index < -0.39 is 6.10 Å². The number of benzene rings is 2. The zero-order chi connectivity index (χ0) is 18.8. The van der Waals surface area contributed by atoms with Gasteiger partial charge in [0.15, 0.2) is 6.10 Å². The van der Waals surface area contributed by atoms with Crippen LogP contribution in [0.2, 0.25) is 0 Å². The van der Waals surface area contributed by atoms with Gasteiger partial charge in [-0.3, -0.25) is 9.59 Å². The topological polar surface area (TPSA) is 71.5 Å². The SMILES string of the molecule is CCCNC(=O)[C@@H]1CN(C(=O)c2ccc3ncsc3c2)c2ccccc2O1. The second kappa shape index (κ2) is 7.36. The van der Waals surface area contributed by atoms with Gasteiger partial charge in [0.25, 0.3) is 11.8 Å². The fourth-order valence-corrected chi connectivity index (χ4v) is 3.79. The van der Waals surface area contributed by atoms with Gasteiger partial charge in [-0.2, -0.15) is 0 Å². The molecule has 2 heterocycles. The molecule has 138 valence electrons. The quantitative estimate of drug-likeness (QED) is 0.753. The molecule has 7 heteroatoms. The largest absolute Gasteiger partial charge is 0.477 e. The highest BCUT2D eigenvalue weighted by Gasteiger charge is 2.34. The number of thiazole rings is 1. The lowest BCUT2D eigenvalue weighted by Crippen LogP contribution is -2.50. The molecule has 6 nitrogen and oxygen atoms in total. The maximum absolute atomic E-state index is 13.2. The van der Waals surface area contributed by atoms with Crippen LogP contribution < -0.4 is 15.0 Å². The summed E-state index contributed by atoms with van der Waals surface area (Å²) in [5.41, 5.74) is 3.87. The predicted molar refractivity (Wildman–Crippen MR) is 105 cm³/mol. The van der Waals surface area contributed by atoms with Gasteiger partial charge in [0.05, 0.1) is 28.0 Å². The van der Waals surface area contributed by atoms with Crippen molar-refractivity contribution in [3.05, 3.63) is 53.5 Å². The monoisotopic (exact) mass is 381 g/mol. The number of nitrogens with one attached hydrogen (secondary N) is 1. The van der Waals surface area contributed by atoms with Crippen LogP contribution in [0.4, 0.5) is 5.69 Å². The Morgan fingerprint density at radius 1 is 1.30 bits per heavy atom. The third kappa shape index (κ3) is 3.38. The van der Waals surface area contributed by atoms with Crippen LogP contribution in [-0.2, 0) is 4.79 Å². The van der Waals surface area contributed by atoms with Gasteiger partial charge in [-0.15, -0.1) is 11.3 Å². The standard InChI is InChI=1S/C20H19N3O3S/c1-2-9-21-19(24)17-11-23(15-5-3-4-6-16(15)26-17)20(25)13-7-8-14-18(10-13)27-12-22-14/h3-8,10,12,17H,2,9,11H2,1H3,(H,21,24)/t17-/m0/s1. The van der Waals surface area contributed by atoms with Crippen molar-refractivity contribution in [2.24, 2.45) is 0 Å². The van der Waals surface area contributed by atoms with Crippen molar-refractivity contribution in [3.63, 3.8) is 0 Å². The summed E-state index contributed by atoms with van der Waals surface area (Å²) in [6.07, 6.45) is 0.106. The molecule has 0 radical (unpaired) electrons. The van der Waals surface area contributed by atoms with Gasteiger partial charge in [0.1, 0.15) is 5.75 Å². The second-order valence-electron chi connectivity index (χ2n) is 6.32. The van der Waals surface area contributed by atoms with Crippen LogP contribution in [-0.4, -0.2) is 36.0 Å². The zero-order valence-corrected chi connectivity index (χ0v) is 15.7. The first-order valence-electron chi connectivity index (χ1n) is 8.86. The van der Waals surface area contributed by atoms with Gasteiger partial charge in [-0.25, -0.2) is 4.98 Å². The summed E-state index contributed by atoms with van der Waals surface area (Å²) in [5, 5.41) is 2.84. The molecular weight excluding hydrogens is 362 g/mol. The van der Waals surface area contributed by atoms with Crippen LogP contribution in [0.5, 0.6) is 5.75 Å². The van der Waals surface area contributed by atoms with Gasteiger partial charge in [0, 0.05) is 12.1 Å². The summed E-state index contributed by atoms with van der Waals surface area (Å²) in [6.45, 7) is 2.74. The average molecular weight is 381 g/mol. The molecule has 27 heavy (non-hydrogen) atoms. The number of amides is 2. The van der Waals surface area contributed by atoms with E-state index in [-0.39, 0.29) is 18.4 Å². The molecule has 0 unspecified atom stereocenters. The van der Waals surface area contributed by atoms with Gasteiger partial charge < -0.3 is 15.0 Å². The maximum atomic E-state index is 13.2.